The highest BCUT2D eigenvalue weighted by molar-refractivity contribution is 5.93. The van der Waals surface area contributed by atoms with Crippen LogP contribution >= 0.6 is 0 Å². The summed E-state index contributed by atoms with van der Waals surface area (Å²) in [6.45, 7) is 3.16. The number of hydrogen-bond acceptors (Lipinski definition) is 6. The van der Waals surface area contributed by atoms with Crippen molar-refractivity contribution >= 4 is 18.1 Å². The molecule has 0 spiro atoms. The molecule has 0 unspecified atom stereocenters. The van der Waals surface area contributed by atoms with Gasteiger partial charge in [-0.3, -0.25) is 9.59 Å². The molecule has 3 rings (SSSR count). The van der Waals surface area contributed by atoms with Crippen molar-refractivity contribution in [1.29, 1.82) is 0 Å². The van der Waals surface area contributed by atoms with Gasteiger partial charge in [0.25, 0.3) is 5.91 Å². The number of nitrogens with zero attached hydrogens (tertiary/aromatic N) is 4. The summed E-state index contributed by atoms with van der Waals surface area (Å²) in [6, 6.07) is 11.2. The van der Waals surface area contributed by atoms with Gasteiger partial charge in [-0.15, -0.1) is 0 Å². The average molecular weight is 369 g/mol. The van der Waals surface area contributed by atoms with Crippen LogP contribution in [0.1, 0.15) is 10.5 Å². The minimum absolute atomic E-state index is 0.157. The van der Waals surface area contributed by atoms with Gasteiger partial charge >= 0.3 is 0 Å². The molecule has 0 radical (unpaired) electrons. The van der Waals surface area contributed by atoms with Crippen LogP contribution in [0.3, 0.4) is 0 Å². The lowest BCUT2D eigenvalue weighted by Crippen LogP contribution is -2.48. The van der Waals surface area contributed by atoms with Crippen molar-refractivity contribution in [1.82, 2.24) is 19.8 Å². The largest absolute Gasteiger partial charge is 0.383 e. The van der Waals surface area contributed by atoms with Gasteiger partial charge in [-0.05, 0) is 0 Å². The van der Waals surface area contributed by atoms with Crippen molar-refractivity contribution < 1.29 is 14.3 Å². The molecule has 1 aliphatic heterocycles. The summed E-state index contributed by atoms with van der Waals surface area (Å²) in [7, 11) is 1.63. The lowest BCUT2D eigenvalue weighted by Gasteiger charge is -2.32. The van der Waals surface area contributed by atoms with E-state index in [0.29, 0.717) is 56.7 Å². The highest BCUT2D eigenvalue weighted by Gasteiger charge is 2.23. The molecule has 0 bridgehead atoms. The van der Waals surface area contributed by atoms with Crippen LogP contribution in [0.4, 0.5) is 5.82 Å². The fourth-order valence-electron chi connectivity index (χ4n) is 2.84. The number of benzene rings is 1. The number of anilines is 1. The van der Waals surface area contributed by atoms with Crippen molar-refractivity contribution in [2.75, 3.05) is 51.8 Å². The van der Waals surface area contributed by atoms with Gasteiger partial charge in [0, 0.05) is 51.5 Å². The Balaban J connectivity index is 1.85. The van der Waals surface area contributed by atoms with E-state index in [9.17, 15) is 9.59 Å². The van der Waals surface area contributed by atoms with Crippen molar-refractivity contribution in [2.45, 2.75) is 0 Å². The van der Waals surface area contributed by atoms with E-state index in [1.165, 1.54) is 0 Å². The highest BCUT2D eigenvalue weighted by atomic mass is 16.5. The number of amides is 2. The number of nitrogens with one attached hydrogen (secondary N) is 1. The molecule has 1 saturated heterocycles. The van der Waals surface area contributed by atoms with Gasteiger partial charge in [0.05, 0.1) is 6.61 Å². The summed E-state index contributed by atoms with van der Waals surface area (Å²) in [5.74, 6) is 0.915. The van der Waals surface area contributed by atoms with E-state index in [1.54, 1.807) is 23.0 Å². The first-order chi connectivity index (χ1) is 13.2. The number of carbonyl (C=O) groups is 2. The van der Waals surface area contributed by atoms with E-state index in [1.807, 2.05) is 30.3 Å². The van der Waals surface area contributed by atoms with Crippen molar-refractivity contribution in [3.05, 3.63) is 42.1 Å². The van der Waals surface area contributed by atoms with Gasteiger partial charge in [0.15, 0.2) is 5.82 Å². The normalized spacial score (nSPS) is 14.1. The van der Waals surface area contributed by atoms with Crippen LogP contribution < -0.4 is 5.32 Å². The quantitative estimate of drug-likeness (QED) is 0.581. The monoisotopic (exact) mass is 369 g/mol. The summed E-state index contributed by atoms with van der Waals surface area (Å²) in [5, 5.41) is 3.17. The molecule has 1 aromatic carbocycles. The first-order valence-electron chi connectivity index (χ1n) is 8.87. The zero-order chi connectivity index (χ0) is 19.1. The number of piperazine rings is 1. The van der Waals surface area contributed by atoms with E-state index in [2.05, 4.69) is 15.3 Å². The summed E-state index contributed by atoms with van der Waals surface area (Å²) in [6.07, 6.45) is 0.817. The van der Waals surface area contributed by atoms with Gasteiger partial charge in [0.2, 0.25) is 6.41 Å². The lowest BCUT2D eigenvalue weighted by atomic mass is 10.2. The molecular weight excluding hydrogens is 346 g/mol. The molecule has 1 aliphatic rings. The Bertz CT molecular complexity index is 776. The Hall–Kier alpha value is -3.00. The zero-order valence-corrected chi connectivity index (χ0v) is 15.3. The van der Waals surface area contributed by atoms with E-state index in [4.69, 9.17) is 4.74 Å². The lowest BCUT2D eigenvalue weighted by molar-refractivity contribution is -0.119. The maximum atomic E-state index is 12.9. The summed E-state index contributed by atoms with van der Waals surface area (Å²) >= 11 is 0. The van der Waals surface area contributed by atoms with Crippen LogP contribution in [0.25, 0.3) is 11.4 Å². The fraction of sp³-hybridized carbons (Fsp3) is 0.368. The topological polar surface area (TPSA) is 87.7 Å². The molecule has 0 aliphatic carbocycles. The maximum Gasteiger partial charge on any atom is 0.272 e. The highest BCUT2D eigenvalue weighted by Crippen LogP contribution is 2.19. The van der Waals surface area contributed by atoms with Crippen LogP contribution in [0, 0.1) is 0 Å². The SMILES string of the molecule is COCCNc1cc(C(=O)N2CCN(C=O)CC2)nc(-c2ccccc2)n1. The molecule has 8 heteroatoms. The Morgan fingerprint density at radius 2 is 1.93 bits per heavy atom. The van der Waals surface area contributed by atoms with E-state index >= 15 is 0 Å². The smallest absolute Gasteiger partial charge is 0.272 e. The number of methoxy groups -OCH3 is 1. The molecule has 1 aromatic heterocycles. The second kappa shape index (κ2) is 9.09. The molecule has 0 atom stereocenters. The van der Waals surface area contributed by atoms with E-state index in [-0.39, 0.29) is 5.91 Å². The molecule has 2 amide bonds. The first kappa shape index (κ1) is 18.8. The van der Waals surface area contributed by atoms with Gasteiger partial charge in [0.1, 0.15) is 11.5 Å². The molecular formula is C19H23N5O3. The standard InChI is InChI=1S/C19H23N5O3/c1-27-12-7-20-17-13-16(19(26)24-10-8-23(14-25)9-11-24)21-18(22-17)15-5-3-2-4-6-15/h2-6,13-14H,7-12H2,1H3,(H,20,21,22). The number of rotatable bonds is 7. The van der Waals surface area contributed by atoms with Gasteiger partial charge < -0.3 is 19.9 Å². The zero-order valence-electron chi connectivity index (χ0n) is 15.3. The Labute approximate surface area is 158 Å². The molecule has 2 aromatic rings. The van der Waals surface area contributed by atoms with Crippen molar-refractivity contribution in [3.8, 4) is 11.4 Å². The second-order valence-electron chi connectivity index (χ2n) is 6.18. The number of hydrogen-bond donors (Lipinski definition) is 1. The molecule has 8 nitrogen and oxygen atoms in total. The summed E-state index contributed by atoms with van der Waals surface area (Å²) in [4.78, 5) is 36.2. The third kappa shape index (κ3) is 4.79. The molecule has 1 fully saturated rings. The van der Waals surface area contributed by atoms with Crippen LogP contribution in [-0.2, 0) is 9.53 Å². The Morgan fingerprint density at radius 1 is 1.19 bits per heavy atom. The van der Waals surface area contributed by atoms with Crippen molar-refractivity contribution in [3.63, 3.8) is 0 Å². The third-order valence-electron chi connectivity index (χ3n) is 4.34. The predicted octanol–water partition coefficient (Wildman–Crippen LogP) is 1.12. The van der Waals surface area contributed by atoms with Crippen LogP contribution in [0.2, 0.25) is 0 Å². The predicted molar refractivity (Wildman–Crippen MR) is 101 cm³/mol. The van der Waals surface area contributed by atoms with Gasteiger partial charge in [-0.25, -0.2) is 9.97 Å². The summed E-state index contributed by atoms with van der Waals surface area (Å²) in [5.41, 5.74) is 1.18. The van der Waals surface area contributed by atoms with Crippen LogP contribution in [0.15, 0.2) is 36.4 Å². The van der Waals surface area contributed by atoms with E-state index < -0.39 is 0 Å². The van der Waals surface area contributed by atoms with Crippen LogP contribution in [-0.4, -0.2) is 78.5 Å². The third-order valence-corrected chi connectivity index (χ3v) is 4.34. The molecule has 2 heterocycles. The van der Waals surface area contributed by atoms with Gasteiger partial charge in [-0.1, -0.05) is 30.3 Å². The van der Waals surface area contributed by atoms with Crippen LogP contribution in [0.5, 0.6) is 0 Å². The molecule has 142 valence electrons. The average Bonchev–Trinajstić information content (AvgIpc) is 2.74. The molecule has 1 N–H and O–H groups in total. The fourth-order valence-corrected chi connectivity index (χ4v) is 2.84. The van der Waals surface area contributed by atoms with E-state index in [0.717, 1.165) is 12.0 Å². The van der Waals surface area contributed by atoms with Crippen molar-refractivity contribution in [2.24, 2.45) is 0 Å². The first-order valence-corrected chi connectivity index (χ1v) is 8.87. The number of carbonyl (C=O) groups excluding carboxylic acids is 2. The van der Waals surface area contributed by atoms with Gasteiger partial charge in [-0.2, -0.15) is 0 Å². The second-order valence-corrected chi connectivity index (χ2v) is 6.18. The number of ether oxygens (including phenoxy) is 1. The Morgan fingerprint density at radius 3 is 2.59 bits per heavy atom. The molecule has 27 heavy (non-hydrogen) atoms. The number of aromatic nitrogens is 2. The maximum absolute atomic E-state index is 12.9. The summed E-state index contributed by atoms with van der Waals surface area (Å²) < 4.78 is 5.06. The minimum Gasteiger partial charge on any atom is -0.383 e. The molecule has 0 saturated carbocycles. The minimum atomic E-state index is -0.157. The Kier molecular flexibility index (Phi) is 6.32.